The van der Waals surface area contributed by atoms with Crippen LogP contribution in [0.2, 0.25) is 0 Å². The molecule has 0 atom stereocenters. The number of sulfonamides is 1. The minimum atomic E-state index is -3.19. The van der Waals surface area contributed by atoms with Gasteiger partial charge in [-0.15, -0.1) is 0 Å². The van der Waals surface area contributed by atoms with Crippen LogP contribution < -0.4 is 10.0 Å². The molecule has 1 rings (SSSR count). The van der Waals surface area contributed by atoms with E-state index >= 15 is 0 Å². The van der Waals surface area contributed by atoms with Crippen LogP contribution >= 0.6 is 0 Å². The molecule has 9 heteroatoms. The minimum Gasteiger partial charge on any atom is -0.478 e. The summed E-state index contributed by atoms with van der Waals surface area (Å²) in [6.07, 6.45) is 2.37. The second-order valence-electron chi connectivity index (χ2n) is 3.78. The van der Waals surface area contributed by atoms with Gasteiger partial charge in [0.15, 0.2) is 0 Å². The summed E-state index contributed by atoms with van der Waals surface area (Å²) in [4.78, 5) is 10.9. The molecule has 1 aromatic heterocycles. The highest BCUT2D eigenvalue weighted by Gasteiger charge is 2.14. The van der Waals surface area contributed by atoms with Crippen LogP contribution in [0.25, 0.3) is 0 Å². The number of rotatable bonds is 7. The molecular formula is C9H16N4O4S. The van der Waals surface area contributed by atoms with Crippen molar-refractivity contribution < 1.29 is 18.3 Å². The molecule has 0 aliphatic carbocycles. The predicted molar refractivity (Wildman–Crippen MR) is 64.7 cm³/mol. The number of carboxylic acids is 1. The van der Waals surface area contributed by atoms with Crippen molar-refractivity contribution in [2.75, 3.05) is 19.3 Å². The molecular weight excluding hydrogens is 260 g/mol. The highest BCUT2D eigenvalue weighted by Crippen LogP contribution is 2.06. The van der Waals surface area contributed by atoms with E-state index in [4.69, 9.17) is 5.11 Å². The second-order valence-corrected chi connectivity index (χ2v) is 5.61. The lowest BCUT2D eigenvalue weighted by atomic mass is 10.2. The molecule has 0 spiro atoms. The van der Waals surface area contributed by atoms with Crippen molar-refractivity contribution in [3.05, 3.63) is 17.5 Å². The fourth-order valence-electron chi connectivity index (χ4n) is 1.38. The molecule has 0 fully saturated rings. The third-order valence-electron chi connectivity index (χ3n) is 2.25. The van der Waals surface area contributed by atoms with Crippen LogP contribution in [0.15, 0.2) is 6.20 Å². The zero-order valence-corrected chi connectivity index (χ0v) is 11.0. The normalized spacial score (nSPS) is 11.7. The van der Waals surface area contributed by atoms with Crippen LogP contribution in [0.4, 0.5) is 0 Å². The number of hydrogen-bond donors (Lipinski definition) is 3. The van der Waals surface area contributed by atoms with Crippen molar-refractivity contribution in [3.63, 3.8) is 0 Å². The lowest BCUT2D eigenvalue weighted by Crippen LogP contribution is -2.31. The Hall–Kier alpha value is -1.45. The van der Waals surface area contributed by atoms with Gasteiger partial charge in [-0.3, -0.25) is 4.68 Å². The molecule has 0 bridgehead atoms. The lowest BCUT2D eigenvalue weighted by Gasteiger charge is -2.06. The summed E-state index contributed by atoms with van der Waals surface area (Å²) in [5, 5.41) is 15.7. The minimum absolute atomic E-state index is 0.140. The Bertz CT molecular complexity index is 523. The number of carboxylic acid groups (broad SMARTS) is 1. The number of aromatic carboxylic acids is 1. The van der Waals surface area contributed by atoms with Crippen molar-refractivity contribution >= 4 is 16.0 Å². The molecule has 1 aromatic rings. The summed E-state index contributed by atoms with van der Waals surface area (Å²) < 4.78 is 25.4. The standard InChI is InChI=1S/C9H16N4O4S/c1-13-8(7(5-11-13)9(14)15)6-10-3-4-12-18(2,16)17/h5,10,12H,3-4,6H2,1-2H3,(H,14,15). The molecule has 0 aliphatic rings. The first-order valence-electron chi connectivity index (χ1n) is 5.21. The van der Waals surface area contributed by atoms with E-state index in [1.807, 2.05) is 0 Å². The number of aryl methyl sites for hydroxylation is 1. The lowest BCUT2D eigenvalue weighted by molar-refractivity contribution is 0.0695. The molecule has 18 heavy (non-hydrogen) atoms. The van der Waals surface area contributed by atoms with Gasteiger partial charge in [0.25, 0.3) is 0 Å². The van der Waals surface area contributed by atoms with Crippen molar-refractivity contribution in [3.8, 4) is 0 Å². The van der Waals surface area contributed by atoms with Crippen LogP contribution in [0, 0.1) is 0 Å². The van der Waals surface area contributed by atoms with E-state index in [1.165, 1.54) is 10.9 Å². The predicted octanol–water partition coefficient (Wildman–Crippen LogP) is -1.24. The van der Waals surface area contributed by atoms with Crippen LogP contribution in [-0.2, 0) is 23.6 Å². The summed E-state index contributed by atoms with van der Waals surface area (Å²) >= 11 is 0. The Balaban J connectivity index is 2.45. The Morgan fingerprint density at radius 1 is 1.50 bits per heavy atom. The molecule has 0 saturated heterocycles. The van der Waals surface area contributed by atoms with Crippen molar-refractivity contribution in [1.29, 1.82) is 0 Å². The first kappa shape index (κ1) is 14.6. The Morgan fingerprint density at radius 3 is 2.72 bits per heavy atom. The van der Waals surface area contributed by atoms with E-state index in [1.54, 1.807) is 7.05 Å². The second kappa shape index (κ2) is 5.94. The summed E-state index contributed by atoms with van der Waals surface area (Å²) in [5.41, 5.74) is 0.683. The van der Waals surface area contributed by atoms with Gasteiger partial charge in [-0.1, -0.05) is 0 Å². The molecule has 0 unspecified atom stereocenters. The Kier molecular flexibility index (Phi) is 4.82. The van der Waals surface area contributed by atoms with E-state index in [2.05, 4.69) is 15.1 Å². The SMILES string of the molecule is Cn1ncc(C(=O)O)c1CNCCNS(C)(=O)=O. The largest absolute Gasteiger partial charge is 0.478 e. The number of hydrogen-bond acceptors (Lipinski definition) is 5. The number of nitrogens with one attached hydrogen (secondary N) is 2. The van der Waals surface area contributed by atoms with E-state index in [-0.39, 0.29) is 12.1 Å². The molecule has 0 radical (unpaired) electrons. The first-order chi connectivity index (χ1) is 8.31. The van der Waals surface area contributed by atoms with E-state index < -0.39 is 16.0 Å². The number of carbonyl (C=O) groups is 1. The zero-order chi connectivity index (χ0) is 13.8. The van der Waals surface area contributed by atoms with Gasteiger partial charge in [0.2, 0.25) is 10.0 Å². The average molecular weight is 276 g/mol. The monoisotopic (exact) mass is 276 g/mol. The summed E-state index contributed by atoms with van der Waals surface area (Å²) in [6.45, 7) is 0.958. The Labute approximate surface area is 105 Å². The van der Waals surface area contributed by atoms with Gasteiger partial charge in [-0.25, -0.2) is 17.9 Å². The maximum atomic E-state index is 10.9. The molecule has 1 heterocycles. The van der Waals surface area contributed by atoms with E-state index in [0.29, 0.717) is 18.8 Å². The molecule has 0 saturated carbocycles. The molecule has 102 valence electrons. The maximum Gasteiger partial charge on any atom is 0.339 e. The third-order valence-corrected chi connectivity index (χ3v) is 2.98. The van der Waals surface area contributed by atoms with Crippen molar-refractivity contribution in [2.24, 2.45) is 7.05 Å². The van der Waals surface area contributed by atoms with Gasteiger partial charge < -0.3 is 10.4 Å². The zero-order valence-electron chi connectivity index (χ0n) is 10.2. The maximum absolute atomic E-state index is 10.9. The third kappa shape index (κ3) is 4.43. The van der Waals surface area contributed by atoms with Gasteiger partial charge >= 0.3 is 5.97 Å². The summed E-state index contributed by atoms with van der Waals surface area (Å²) in [6, 6.07) is 0. The smallest absolute Gasteiger partial charge is 0.339 e. The van der Waals surface area contributed by atoms with Gasteiger partial charge in [0.1, 0.15) is 5.56 Å². The van der Waals surface area contributed by atoms with Gasteiger partial charge in [-0.2, -0.15) is 5.10 Å². The van der Waals surface area contributed by atoms with Crippen molar-refractivity contribution in [1.82, 2.24) is 19.8 Å². The van der Waals surface area contributed by atoms with Crippen LogP contribution in [0.3, 0.4) is 0 Å². The van der Waals surface area contributed by atoms with Gasteiger partial charge in [-0.05, 0) is 0 Å². The fourth-order valence-corrected chi connectivity index (χ4v) is 1.86. The highest BCUT2D eigenvalue weighted by atomic mass is 32.2. The highest BCUT2D eigenvalue weighted by molar-refractivity contribution is 7.88. The molecule has 0 amide bonds. The molecule has 0 aliphatic heterocycles. The van der Waals surface area contributed by atoms with Crippen LogP contribution in [0.1, 0.15) is 16.1 Å². The van der Waals surface area contributed by atoms with Crippen LogP contribution in [0.5, 0.6) is 0 Å². The average Bonchev–Trinajstić information content (AvgIpc) is 2.58. The van der Waals surface area contributed by atoms with Crippen LogP contribution in [-0.4, -0.2) is 48.6 Å². The fraction of sp³-hybridized carbons (Fsp3) is 0.556. The molecule has 8 nitrogen and oxygen atoms in total. The summed E-state index contributed by atoms with van der Waals surface area (Å²) in [5.74, 6) is -1.03. The van der Waals surface area contributed by atoms with Gasteiger partial charge in [0, 0.05) is 26.7 Å². The van der Waals surface area contributed by atoms with Crippen molar-refractivity contribution in [2.45, 2.75) is 6.54 Å². The topological polar surface area (TPSA) is 113 Å². The number of aromatic nitrogens is 2. The van der Waals surface area contributed by atoms with E-state index in [0.717, 1.165) is 6.26 Å². The van der Waals surface area contributed by atoms with Gasteiger partial charge in [0.05, 0.1) is 18.1 Å². The molecule has 3 N–H and O–H groups in total. The first-order valence-corrected chi connectivity index (χ1v) is 7.10. The number of nitrogens with zero attached hydrogens (tertiary/aromatic N) is 2. The molecule has 0 aromatic carbocycles. The quantitative estimate of drug-likeness (QED) is 0.537. The Morgan fingerprint density at radius 2 is 2.17 bits per heavy atom. The van der Waals surface area contributed by atoms with E-state index in [9.17, 15) is 13.2 Å². The summed E-state index contributed by atoms with van der Waals surface area (Å²) in [7, 11) is -1.54.